The summed E-state index contributed by atoms with van der Waals surface area (Å²) in [5.74, 6) is -0.200. The summed E-state index contributed by atoms with van der Waals surface area (Å²) in [6.45, 7) is 8.94. The van der Waals surface area contributed by atoms with Crippen LogP contribution in [0.4, 0.5) is 11.4 Å². The standard InChI is InChI=1S/C20H26ClN3O3/c1-3-19(25)23-8-6-15(7-9-23)20(26)22-16-4-5-18(17(21)12-16)24-10-11-27-13-14(24)2/h3-5,12,14-15H,1,6-11,13H2,2H3,(H,22,26). The van der Waals surface area contributed by atoms with Crippen molar-refractivity contribution in [3.63, 3.8) is 0 Å². The molecule has 2 amide bonds. The molecular weight excluding hydrogens is 366 g/mol. The number of amides is 2. The van der Waals surface area contributed by atoms with Gasteiger partial charge in [-0.05, 0) is 44.0 Å². The Morgan fingerprint density at radius 3 is 2.67 bits per heavy atom. The number of piperidine rings is 1. The maximum atomic E-state index is 12.6. The van der Waals surface area contributed by atoms with E-state index in [2.05, 4.69) is 23.7 Å². The number of benzene rings is 1. The summed E-state index contributed by atoms with van der Waals surface area (Å²) < 4.78 is 5.47. The Morgan fingerprint density at radius 1 is 1.30 bits per heavy atom. The lowest BCUT2D eigenvalue weighted by molar-refractivity contribution is -0.130. The highest BCUT2D eigenvalue weighted by Crippen LogP contribution is 2.31. The van der Waals surface area contributed by atoms with Crippen molar-refractivity contribution in [3.05, 3.63) is 35.9 Å². The molecule has 7 heteroatoms. The van der Waals surface area contributed by atoms with Gasteiger partial charge in [0, 0.05) is 37.3 Å². The van der Waals surface area contributed by atoms with Gasteiger partial charge in [0.15, 0.2) is 0 Å². The second-order valence-corrected chi connectivity index (χ2v) is 7.48. The van der Waals surface area contributed by atoms with E-state index in [-0.39, 0.29) is 23.8 Å². The fourth-order valence-corrected chi connectivity index (χ4v) is 3.93. The van der Waals surface area contributed by atoms with E-state index in [9.17, 15) is 9.59 Å². The second-order valence-electron chi connectivity index (χ2n) is 7.08. The van der Waals surface area contributed by atoms with Crippen molar-refractivity contribution < 1.29 is 14.3 Å². The molecule has 146 valence electrons. The van der Waals surface area contributed by atoms with E-state index < -0.39 is 0 Å². The van der Waals surface area contributed by atoms with Gasteiger partial charge < -0.3 is 19.9 Å². The maximum Gasteiger partial charge on any atom is 0.245 e. The number of nitrogens with zero attached hydrogens (tertiary/aromatic N) is 2. The van der Waals surface area contributed by atoms with Crippen molar-refractivity contribution in [2.24, 2.45) is 5.92 Å². The number of nitrogens with one attached hydrogen (secondary N) is 1. The summed E-state index contributed by atoms with van der Waals surface area (Å²) in [7, 11) is 0. The van der Waals surface area contributed by atoms with E-state index in [0.29, 0.717) is 49.9 Å². The molecule has 2 fully saturated rings. The lowest BCUT2D eigenvalue weighted by Gasteiger charge is -2.36. The topological polar surface area (TPSA) is 61.9 Å². The third kappa shape index (κ3) is 4.62. The maximum absolute atomic E-state index is 12.6. The van der Waals surface area contributed by atoms with Crippen molar-refractivity contribution >= 4 is 34.8 Å². The first-order chi connectivity index (χ1) is 13.0. The number of ether oxygens (including phenoxy) is 1. The van der Waals surface area contributed by atoms with Crippen LogP contribution in [-0.2, 0) is 14.3 Å². The second kappa shape index (κ2) is 8.76. The summed E-state index contributed by atoms with van der Waals surface area (Å²) in [6.07, 6.45) is 2.63. The van der Waals surface area contributed by atoms with Gasteiger partial charge in [0.1, 0.15) is 0 Å². The van der Waals surface area contributed by atoms with Crippen molar-refractivity contribution in [2.75, 3.05) is 43.1 Å². The van der Waals surface area contributed by atoms with E-state index in [1.807, 2.05) is 12.1 Å². The number of rotatable bonds is 4. The van der Waals surface area contributed by atoms with Gasteiger partial charge in [-0.25, -0.2) is 0 Å². The third-order valence-electron chi connectivity index (χ3n) is 5.24. The van der Waals surface area contributed by atoms with Gasteiger partial charge in [0.05, 0.1) is 23.9 Å². The predicted octanol–water partition coefficient (Wildman–Crippen LogP) is 2.93. The van der Waals surface area contributed by atoms with Crippen LogP contribution >= 0.6 is 11.6 Å². The van der Waals surface area contributed by atoms with Gasteiger partial charge in [0.25, 0.3) is 0 Å². The monoisotopic (exact) mass is 391 g/mol. The molecule has 0 saturated carbocycles. The smallest absolute Gasteiger partial charge is 0.245 e. The number of hydrogen-bond donors (Lipinski definition) is 1. The summed E-state index contributed by atoms with van der Waals surface area (Å²) in [5, 5.41) is 3.58. The number of likely N-dealkylation sites (tertiary alicyclic amines) is 1. The number of halogens is 1. The van der Waals surface area contributed by atoms with E-state index in [0.717, 1.165) is 12.2 Å². The molecule has 1 aromatic rings. The number of carbonyl (C=O) groups excluding carboxylic acids is 2. The van der Waals surface area contributed by atoms with Crippen LogP contribution in [0.3, 0.4) is 0 Å². The predicted molar refractivity (Wildman–Crippen MR) is 107 cm³/mol. The number of morpholine rings is 1. The lowest BCUT2D eigenvalue weighted by Crippen LogP contribution is -2.43. The first-order valence-corrected chi connectivity index (χ1v) is 9.73. The molecule has 0 aromatic heterocycles. The molecule has 2 saturated heterocycles. The Labute approximate surface area is 165 Å². The Hall–Kier alpha value is -2.05. The molecular formula is C20H26ClN3O3. The van der Waals surface area contributed by atoms with E-state index in [1.165, 1.54) is 6.08 Å². The molecule has 0 aliphatic carbocycles. The first kappa shape index (κ1) is 19.7. The summed E-state index contributed by atoms with van der Waals surface area (Å²) in [6, 6.07) is 5.90. The minimum atomic E-state index is -0.100. The van der Waals surface area contributed by atoms with Crippen molar-refractivity contribution in [1.29, 1.82) is 0 Å². The summed E-state index contributed by atoms with van der Waals surface area (Å²) >= 11 is 6.48. The van der Waals surface area contributed by atoms with Crippen LogP contribution in [0, 0.1) is 5.92 Å². The van der Waals surface area contributed by atoms with Crippen LogP contribution in [0.25, 0.3) is 0 Å². The largest absolute Gasteiger partial charge is 0.377 e. The molecule has 1 N–H and O–H groups in total. The van der Waals surface area contributed by atoms with Gasteiger partial charge in [-0.15, -0.1) is 0 Å². The molecule has 1 aromatic carbocycles. The molecule has 1 atom stereocenters. The van der Waals surface area contributed by atoms with Gasteiger partial charge in [-0.1, -0.05) is 18.2 Å². The summed E-state index contributed by atoms with van der Waals surface area (Å²) in [5.41, 5.74) is 1.65. The van der Waals surface area contributed by atoms with Crippen molar-refractivity contribution in [3.8, 4) is 0 Å². The van der Waals surface area contributed by atoms with E-state index in [1.54, 1.807) is 11.0 Å². The molecule has 27 heavy (non-hydrogen) atoms. The first-order valence-electron chi connectivity index (χ1n) is 9.35. The Balaban J connectivity index is 1.59. The minimum absolute atomic E-state index is 0.0238. The van der Waals surface area contributed by atoms with Crippen molar-refractivity contribution in [1.82, 2.24) is 4.90 Å². The molecule has 2 aliphatic rings. The average molecular weight is 392 g/mol. The van der Waals surface area contributed by atoms with Gasteiger partial charge in [0.2, 0.25) is 11.8 Å². The fraction of sp³-hybridized carbons (Fsp3) is 0.500. The van der Waals surface area contributed by atoms with Crippen LogP contribution in [0.15, 0.2) is 30.9 Å². The SMILES string of the molecule is C=CC(=O)N1CCC(C(=O)Nc2ccc(N3CCOCC3C)c(Cl)c2)CC1. The highest BCUT2D eigenvalue weighted by molar-refractivity contribution is 6.33. The average Bonchev–Trinajstić information content (AvgIpc) is 2.68. The Morgan fingerprint density at radius 2 is 2.04 bits per heavy atom. The molecule has 0 radical (unpaired) electrons. The van der Waals surface area contributed by atoms with Crippen molar-refractivity contribution in [2.45, 2.75) is 25.8 Å². The molecule has 0 spiro atoms. The molecule has 1 unspecified atom stereocenters. The van der Waals surface area contributed by atoms with Crippen LogP contribution in [0.5, 0.6) is 0 Å². The highest BCUT2D eigenvalue weighted by Gasteiger charge is 2.27. The van der Waals surface area contributed by atoms with Crippen LogP contribution in [-0.4, -0.2) is 55.6 Å². The summed E-state index contributed by atoms with van der Waals surface area (Å²) in [4.78, 5) is 28.2. The highest BCUT2D eigenvalue weighted by atomic mass is 35.5. The normalized spacial score (nSPS) is 21.0. The molecule has 2 aliphatic heterocycles. The number of carbonyl (C=O) groups is 2. The van der Waals surface area contributed by atoms with E-state index >= 15 is 0 Å². The third-order valence-corrected chi connectivity index (χ3v) is 5.55. The van der Waals surface area contributed by atoms with E-state index in [4.69, 9.17) is 16.3 Å². The lowest BCUT2D eigenvalue weighted by atomic mass is 9.95. The zero-order chi connectivity index (χ0) is 19.4. The molecule has 0 bridgehead atoms. The molecule has 3 rings (SSSR count). The Bertz CT molecular complexity index is 716. The number of anilines is 2. The Kier molecular flexibility index (Phi) is 6.39. The van der Waals surface area contributed by atoms with Crippen LogP contribution in [0.1, 0.15) is 19.8 Å². The van der Waals surface area contributed by atoms with Gasteiger partial charge in [-0.3, -0.25) is 9.59 Å². The fourth-order valence-electron chi connectivity index (χ4n) is 3.64. The molecule has 2 heterocycles. The van der Waals surface area contributed by atoms with Crippen LogP contribution in [0.2, 0.25) is 5.02 Å². The zero-order valence-corrected chi connectivity index (χ0v) is 16.4. The molecule has 6 nitrogen and oxygen atoms in total. The van der Waals surface area contributed by atoms with Gasteiger partial charge in [-0.2, -0.15) is 0 Å². The number of hydrogen-bond acceptors (Lipinski definition) is 4. The van der Waals surface area contributed by atoms with Gasteiger partial charge >= 0.3 is 0 Å². The zero-order valence-electron chi connectivity index (χ0n) is 15.6. The minimum Gasteiger partial charge on any atom is -0.377 e. The van der Waals surface area contributed by atoms with Crippen LogP contribution < -0.4 is 10.2 Å². The quantitative estimate of drug-likeness (QED) is 0.801.